The highest BCUT2D eigenvalue weighted by Gasteiger charge is 2.21. The van der Waals surface area contributed by atoms with Crippen LogP contribution in [0.25, 0.3) is 11.3 Å². The number of ether oxygens (including phenoxy) is 2. The summed E-state index contributed by atoms with van der Waals surface area (Å²) in [4.78, 5) is 16.3. The van der Waals surface area contributed by atoms with Gasteiger partial charge in [0, 0.05) is 18.4 Å². The lowest BCUT2D eigenvalue weighted by Crippen LogP contribution is -2.40. The molecular weight excluding hydrogens is 363 g/mol. The van der Waals surface area contributed by atoms with Crippen molar-refractivity contribution in [1.29, 1.82) is 0 Å². The predicted octanol–water partition coefficient (Wildman–Crippen LogP) is 3.37. The first-order valence-corrected chi connectivity index (χ1v) is 9.03. The van der Waals surface area contributed by atoms with Gasteiger partial charge in [0.25, 0.3) is 0 Å². The summed E-state index contributed by atoms with van der Waals surface area (Å²) in [6.07, 6.45) is 1.96. The largest absolute Gasteiger partial charge is 0.486 e. The fourth-order valence-corrected chi connectivity index (χ4v) is 2.87. The predicted molar refractivity (Wildman–Crippen MR) is 99.6 cm³/mol. The third kappa shape index (κ3) is 4.31. The van der Waals surface area contributed by atoms with Crippen molar-refractivity contribution >= 4 is 5.91 Å². The van der Waals surface area contributed by atoms with E-state index in [2.05, 4.69) is 10.3 Å². The van der Waals surface area contributed by atoms with Crippen LogP contribution >= 0.6 is 0 Å². The van der Waals surface area contributed by atoms with E-state index in [1.165, 1.54) is 12.1 Å². The van der Waals surface area contributed by atoms with Crippen LogP contribution in [0.5, 0.6) is 11.5 Å². The number of para-hydroxylation sites is 2. The van der Waals surface area contributed by atoms with Crippen LogP contribution in [0.1, 0.15) is 12.3 Å². The first-order valence-electron chi connectivity index (χ1n) is 9.03. The molecule has 1 aliphatic heterocycles. The zero-order chi connectivity index (χ0) is 19.3. The Kier molecular flexibility index (Phi) is 5.23. The van der Waals surface area contributed by atoms with Gasteiger partial charge in [-0.2, -0.15) is 0 Å². The van der Waals surface area contributed by atoms with Gasteiger partial charge in [-0.05, 0) is 36.4 Å². The number of carbonyl (C=O) groups excluding carboxylic acids is 1. The van der Waals surface area contributed by atoms with Gasteiger partial charge in [-0.3, -0.25) is 4.79 Å². The van der Waals surface area contributed by atoms with E-state index in [0.29, 0.717) is 42.7 Å². The van der Waals surface area contributed by atoms with Crippen LogP contribution in [0.4, 0.5) is 4.39 Å². The standard InChI is InChI=1S/C21H19FN2O4/c22-15-7-5-14(6-8-15)19-12-24-21(28-19)10-9-20(25)23-11-16-13-26-17-3-1-2-4-18(17)27-16/h1-8,12,16H,9-11,13H2,(H,23,25). The molecule has 28 heavy (non-hydrogen) atoms. The Balaban J connectivity index is 1.24. The molecule has 2 aromatic carbocycles. The number of nitrogens with one attached hydrogen (secondary N) is 1. The van der Waals surface area contributed by atoms with Gasteiger partial charge >= 0.3 is 0 Å². The molecule has 0 radical (unpaired) electrons. The fraction of sp³-hybridized carbons (Fsp3) is 0.238. The molecule has 0 bridgehead atoms. The van der Waals surface area contributed by atoms with Gasteiger partial charge in [0.2, 0.25) is 5.91 Å². The lowest BCUT2D eigenvalue weighted by atomic mass is 10.2. The molecule has 0 spiro atoms. The molecule has 3 aromatic rings. The number of hydrogen-bond donors (Lipinski definition) is 1. The highest BCUT2D eigenvalue weighted by atomic mass is 19.1. The van der Waals surface area contributed by atoms with Crippen molar-refractivity contribution in [1.82, 2.24) is 10.3 Å². The zero-order valence-corrected chi connectivity index (χ0v) is 15.1. The second-order valence-corrected chi connectivity index (χ2v) is 6.43. The van der Waals surface area contributed by atoms with Crippen LogP contribution < -0.4 is 14.8 Å². The number of halogens is 1. The van der Waals surface area contributed by atoms with Gasteiger partial charge in [0.1, 0.15) is 18.5 Å². The monoisotopic (exact) mass is 382 g/mol. The number of nitrogens with zero attached hydrogens (tertiary/aromatic N) is 1. The van der Waals surface area contributed by atoms with E-state index >= 15 is 0 Å². The number of rotatable bonds is 6. The zero-order valence-electron chi connectivity index (χ0n) is 15.1. The number of hydrogen-bond acceptors (Lipinski definition) is 5. The van der Waals surface area contributed by atoms with E-state index < -0.39 is 0 Å². The average molecular weight is 382 g/mol. The highest BCUT2D eigenvalue weighted by molar-refractivity contribution is 5.76. The number of aryl methyl sites for hydroxylation is 1. The van der Waals surface area contributed by atoms with Gasteiger partial charge in [0.05, 0.1) is 12.7 Å². The van der Waals surface area contributed by atoms with Crippen LogP contribution in [-0.4, -0.2) is 30.1 Å². The normalized spacial score (nSPS) is 15.2. The minimum atomic E-state index is -0.309. The smallest absolute Gasteiger partial charge is 0.220 e. The molecule has 144 valence electrons. The summed E-state index contributed by atoms with van der Waals surface area (Å²) >= 11 is 0. The second-order valence-electron chi connectivity index (χ2n) is 6.43. The van der Waals surface area contributed by atoms with Crippen molar-refractivity contribution in [2.75, 3.05) is 13.2 Å². The number of aromatic nitrogens is 1. The van der Waals surface area contributed by atoms with Gasteiger partial charge < -0.3 is 19.2 Å². The first-order chi connectivity index (χ1) is 13.7. The number of fused-ring (bicyclic) bond motifs is 1. The van der Waals surface area contributed by atoms with Gasteiger partial charge in [-0.1, -0.05) is 12.1 Å². The lowest BCUT2D eigenvalue weighted by Gasteiger charge is -2.26. The molecule has 0 saturated heterocycles. The highest BCUT2D eigenvalue weighted by Crippen LogP contribution is 2.30. The summed E-state index contributed by atoms with van der Waals surface area (Å²) in [5.74, 6) is 1.97. The summed E-state index contributed by atoms with van der Waals surface area (Å²) in [6, 6.07) is 13.4. The van der Waals surface area contributed by atoms with Crippen LogP contribution in [0, 0.1) is 5.82 Å². The van der Waals surface area contributed by atoms with E-state index in [-0.39, 0.29) is 24.2 Å². The van der Waals surface area contributed by atoms with Crippen molar-refractivity contribution in [3.05, 3.63) is 66.4 Å². The van der Waals surface area contributed by atoms with E-state index in [4.69, 9.17) is 13.9 Å². The van der Waals surface area contributed by atoms with E-state index in [1.54, 1.807) is 18.3 Å². The molecule has 1 aromatic heterocycles. The molecule has 1 atom stereocenters. The maximum atomic E-state index is 13.0. The Labute approximate surface area is 161 Å². The summed E-state index contributed by atoms with van der Waals surface area (Å²) in [5, 5.41) is 2.84. The molecule has 1 aliphatic rings. The minimum Gasteiger partial charge on any atom is -0.486 e. The molecule has 4 rings (SSSR count). The molecule has 0 saturated carbocycles. The van der Waals surface area contributed by atoms with E-state index in [1.807, 2.05) is 24.3 Å². The van der Waals surface area contributed by atoms with Gasteiger partial charge in [-0.25, -0.2) is 9.37 Å². The van der Waals surface area contributed by atoms with Gasteiger partial charge in [-0.15, -0.1) is 0 Å². The summed E-state index contributed by atoms with van der Waals surface area (Å²) < 4.78 is 30.1. The maximum absolute atomic E-state index is 13.0. The first kappa shape index (κ1) is 18.0. The molecule has 0 fully saturated rings. The third-order valence-corrected chi connectivity index (χ3v) is 4.34. The molecular formula is C21H19FN2O4. The summed E-state index contributed by atoms with van der Waals surface area (Å²) in [5.41, 5.74) is 0.735. The van der Waals surface area contributed by atoms with Crippen molar-refractivity contribution in [2.24, 2.45) is 0 Å². The van der Waals surface area contributed by atoms with E-state index in [0.717, 1.165) is 5.56 Å². The number of amides is 1. The summed E-state index contributed by atoms with van der Waals surface area (Å²) in [6.45, 7) is 0.748. The topological polar surface area (TPSA) is 73.6 Å². The third-order valence-electron chi connectivity index (χ3n) is 4.34. The molecule has 7 heteroatoms. The Hall–Kier alpha value is -3.35. The number of oxazole rings is 1. The van der Waals surface area contributed by atoms with Crippen LogP contribution in [-0.2, 0) is 11.2 Å². The molecule has 2 heterocycles. The van der Waals surface area contributed by atoms with Crippen LogP contribution in [0.15, 0.2) is 59.1 Å². The average Bonchev–Trinajstić information content (AvgIpc) is 3.20. The van der Waals surface area contributed by atoms with Crippen LogP contribution in [0.2, 0.25) is 0 Å². The van der Waals surface area contributed by atoms with E-state index in [9.17, 15) is 9.18 Å². The van der Waals surface area contributed by atoms with Crippen molar-refractivity contribution < 1.29 is 23.1 Å². The Morgan fingerprint density at radius 2 is 1.93 bits per heavy atom. The van der Waals surface area contributed by atoms with Crippen molar-refractivity contribution in [3.63, 3.8) is 0 Å². The molecule has 1 amide bonds. The van der Waals surface area contributed by atoms with Crippen LogP contribution in [0.3, 0.4) is 0 Å². The summed E-state index contributed by atoms with van der Waals surface area (Å²) in [7, 11) is 0. The number of carbonyl (C=O) groups is 1. The Morgan fingerprint density at radius 1 is 1.14 bits per heavy atom. The van der Waals surface area contributed by atoms with Crippen molar-refractivity contribution in [2.45, 2.75) is 18.9 Å². The molecule has 6 nitrogen and oxygen atoms in total. The van der Waals surface area contributed by atoms with Gasteiger partial charge in [0.15, 0.2) is 23.1 Å². The quantitative estimate of drug-likeness (QED) is 0.708. The molecule has 1 unspecified atom stereocenters. The lowest BCUT2D eigenvalue weighted by molar-refractivity contribution is -0.121. The molecule has 1 N–H and O–H groups in total. The minimum absolute atomic E-state index is 0.121. The SMILES string of the molecule is O=C(CCc1ncc(-c2ccc(F)cc2)o1)NCC1COc2ccccc2O1. The second kappa shape index (κ2) is 8.12. The Bertz CT molecular complexity index is 955. The van der Waals surface area contributed by atoms with Crippen molar-refractivity contribution in [3.8, 4) is 22.8 Å². The Morgan fingerprint density at radius 3 is 2.75 bits per heavy atom. The maximum Gasteiger partial charge on any atom is 0.220 e. The number of benzene rings is 2. The molecule has 0 aliphatic carbocycles. The fourth-order valence-electron chi connectivity index (χ4n) is 2.87.